The van der Waals surface area contributed by atoms with Gasteiger partial charge in [-0.15, -0.1) is 0 Å². The van der Waals surface area contributed by atoms with Gasteiger partial charge in [0, 0.05) is 6.04 Å². The maximum Gasteiger partial charge on any atom is 0.243 e. The molecule has 4 nitrogen and oxygen atoms in total. The molecule has 0 fully saturated rings. The van der Waals surface area contributed by atoms with Gasteiger partial charge in [0.25, 0.3) is 0 Å². The van der Waals surface area contributed by atoms with Crippen molar-refractivity contribution in [2.45, 2.75) is 24.0 Å². The summed E-state index contributed by atoms with van der Waals surface area (Å²) in [5.41, 5.74) is 0.584. The lowest BCUT2D eigenvalue weighted by atomic mass is 10.0. The molecule has 2 N–H and O–H groups in total. The van der Waals surface area contributed by atoms with Gasteiger partial charge in [-0.2, -0.15) is 0 Å². The zero-order valence-electron chi connectivity index (χ0n) is 11.4. The molecule has 0 saturated heterocycles. The molecule has 0 aliphatic heterocycles. The van der Waals surface area contributed by atoms with E-state index in [0.29, 0.717) is 5.56 Å². The topological polar surface area (TPSA) is 66.4 Å². The predicted molar refractivity (Wildman–Crippen MR) is 77.6 cm³/mol. The molecule has 21 heavy (non-hydrogen) atoms. The molecule has 0 aliphatic rings. The molecule has 0 bridgehead atoms. The van der Waals surface area contributed by atoms with E-state index in [9.17, 15) is 17.9 Å². The van der Waals surface area contributed by atoms with Crippen LogP contribution in [0.2, 0.25) is 0 Å². The van der Waals surface area contributed by atoms with Gasteiger partial charge < -0.3 is 5.11 Å². The average Bonchev–Trinajstić information content (AvgIpc) is 2.47. The van der Waals surface area contributed by atoms with E-state index in [-0.39, 0.29) is 0 Å². The molecule has 0 saturated carbocycles. The summed E-state index contributed by atoms with van der Waals surface area (Å²) < 4.78 is 40.1. The average molecular weight is 309 g/mol. The third-order valence-corrected chi connectivity index (χ3v) is 4.67. The number of halogens is 1. The molecule has 0 aromatic heterocycles. The molecule has 6 heteroatoms. The Morgan fingerprint density at radius 2 is 1.62 bits per heavy atom. The van der Waals surface area contributed by atoms with E-state index in [1.54, 1.807) is 30.3 Å². The van der Waals surface area contributed by atoms with Gasteiger partial charge >= 0.3 is 0 Å². The Morgan fingerprint density at radius 1 is 1.05 bits per heavy atom. The van der Waals surface area contributed by atoms with Gasteiger partial charge in [-0.3, -0.25) is 0 Å². The molecule has 2 atom stereocenters. The first kappa shape index (κ1) is 15.6. The molecule has 0 spiro atoms. The number of benzene rings is 2. The first-order valence-electron chi connectivity index (χ1n) is 6.41. The van der Waals surface area contributed by atoms with Crippen molar-refractivity contribution < 1.29 is 17.9 Å². The Kier molecular flexibility index (Phi) is 4.72. The second kappa shape index (κ2) is 6.34. The monoisotopic (exact) mass is 309 g/mol. The minimum absolute atomic E-state index is 0.433. The summed E-state index contributed by atoms with van der Waals surface area (Å²) in [6.45, 7) is 1.52. The molecule has 2 unspecified atom stereocenters. The molecular weight excluding hydrogens is 293 g/mol. The normalized spacial score (nSPS) is 14.6. The van der Waals surface area contributed by atoms with E-state index in [0.717, 1.165) is 6.07 Å². The van der Waals surface area contributed by atoms with Gasteiger partial charge in [0.05, 0.1) is 6.10 Å². The number of nitrogens with one attached hydrogen (secondary N) is 1. The van der Waals surface area contributed by atoms with Crippen molar-refractivity contribution in [3.05, 3.63) is 66.0 Å². The van der Waals surface area contributed by atoms with Gasteiger partial charge in [-0.05, 0) is 24.6 Å². The zero-order valence-corrected chi connectivity index (χ0v) is 12.2. The van der Waals surface area contributed by atoms with Gasteiger partial charge in [0.1, 0.15) is 10.7 Å². The summed E-state index contributed by atoms with van der Waals surface area (Å²) in [7, 11) is -4.03. The first-order chi connectivity index (χ1) is 9.92. The highest BCUT2D eigenvalue weighted by atomic mass is 32.2. The van der Waals surface area contributed by atoms with Gasteiger partial charge in [0.15, 0.2) is 0 Å². The highest BCUT2D eigenvalue weighted by molar-refractivity contribution is 7.89. The van der Waals surface area contributed by atoms with E-state index < -0.39 is 32.9 Å². The maximum absolute atomic E-state index is 13.6. The number of hydrogen-bond donors (Lipinski definition) is 2. The standard InChI is InChI=1S/C15H16FNO3S/c1-11(15(18)12-7-3-2-4-8-12)17-21(19,20)14-10-6-5-9-13(14)16/h2-11,15,17-18H,1H3. The van der Waals surface area contributed by atoms with Crippen LogP contribution >= 0.6 is 0 Å². The van der Waals surface area contributed by atoms with Crippen LogP contribution in [0.3, 0.4) is 0 Å². The minimum Gasteiger partial charge on any atom is -0.387 e. The number of rotatable bonds is 5. The van der Waals surface area contributed by atoms with Crippen molar-refractivity contribution >= 4 is 10.0 Å². The summed E-state index contributed by atoms with van der Waals surface area (Å²) in [5, 5.41) is 10.1. The van der Waals surface area contributed by atoms with Gasteiger partial charge in [-0.25, -0.2) is 17.5 Å². The summed E-state index contributed by atoms with van der Waals surface area (Å²) >= 11 is 0. The fraction of sp³-hybridized carbons (Fsp3) is 0.200. The summed E-state index contributed by atoms with van der Waals surface area (Å²) in [4.78, 5) is -0.433. The molecular formula is C15H16FNO3S. The lowest BCUT2D eigenvalue weighted by molar-refractivity contribution is 0.146. The molecule has 0 heterocycles. The smallest absolute Gasteiger partial charge is 0.243 e. The van der Waals surface area contributed by atoms with Gasteiger partial charge in [0.2, 0.25) is 10.0 Å². The van der Waals surface area contributed by atoms with Crippen molar-refractivity contribution in [2.75, 3.05) is 0 Å². The van der Waals surface area contributed by atoms with E-state index in [4.69, 9.17) is 0 Å². The van der Waals surface area contributed by atoms with E-state index in [1.165, 1.54) is 25.1 Å². The number of aliphatic hydroxyl groups is 1. The SMILES string of the molecule is CC(NS(=O)(=O)c1ccccc1F)C(O)c1ccccc1. The maximum atomic E-state index is 13.6. The van der Waals surface area contributed by atoms with Crippen LogP contribution in [-0.4, -0.2) is 19.6 Å². The fourth-order valence-corrected chi connectivity index (χ4v) is 3.30. The zero-order chi connectivity index (χ0) is 15.5. The van der Waals surface area contributed by atoms with Crippen LogP contribution in [0.5, 0.6) is 0 Å². The number of aliphatic hydroxyl groups excluding tert-OH is 1. The van der Waals surface area contributed by atoms with Gasteiger partial charge in [-0.1, -0.05) is 42.5 Å². The highest BCUT2D eigenvalue weighted by Gasteiger charge is 2.25. The lowest BCUT2D eigenvalue weighted by Gasteiger charge is -2.20. The Morgan fingerprint density at radius 3 is 2.24 bits per heavy atom. The Balaban J connectivity index is 2.19. The van der Waals surface area contributed by atoms with Crippen LogP contribution in [0.15, 0.2) is 59.5 Å². The molecule has 0 aliphatic carbocycles. The predicted octanol–water partition coefficient (Wildman–Crippen LogP) is 2.23. The third kappa shape index (κ3) is 3.66. The van der Waals surface area contributed by atoms with Crippen molar-refractivity contribution in [3.8, 4) is 0 Å². The summed E-state index contributed by atoms with van der Waals surface area (Å²) in [6, 6.07) is 13.0. The molecule has 0 radical (unpaired) electrons. The second-order valence-electron chi connectivity index (χ2n) is 4.70. The van der Waals surface area contributed by atoms with Crippen LogP contribution < -0.4 is 4.72 Å². The largest absolute Gasteiger partial charge is 0.387 e. The summed E-state index contributed by atoms with van der Waals surface area (Å²) in [5.74, 6) is -0.827. The third-order valence-electron chi connectivity index (χ3n) is 3.08. The fourth-order valence-electron chi connectivity index (χ4n) is 1.97. The van der Waals surface area contributed by atoms with Crippen LogP contribution in [0.4, 0.5) is 4.39 Å². The van der Waals surface area contributed by atoms with Crippen LogP contribution in [-0.2, 0) is 10.0 Å². The number of hydrogen-bond acceptors (Lipinski definition) is 3. The van der Waals surface area contributed by atoms with Crippen molar-refractivity contribution in [1.29, 1.82) is 0 Å². The van der Waals surface area contributed by atoms with Crippen molar-refractivity contribution in [2.24, 2.45) is 0 Å². The van der Waals surface area contributed by atoms with Crippen LogP contribution in [0.25, 0.3) is 0 Å². The van der Waals surface area contributed by atoms with Crippen molar-refractivity contribution in [1.82, 2.24) is 4.72 Å². The van der Waals surface area contributed by atoms with E-state index in [1.807, 2.05) is 0 Å². The second-order valence-corrected chi connectivity index (χ2v) is 6.38. The summed E-state index contributed by atoms with van der Waals surface area (Å²) in [6.07, 6.45) is -1.02. The Labute approximate surface area is 123 Å². The minimum atomic E-state index is -4.03. The van der Waals surface area contributed by atoms with Crippen LogP contribution in [0, 0.1) is 5.82 Å². The number of sulfonamides is 1. The Bertz CT molecular complexity index is 704. The molecule has 2 aromatic carbocycles. The van der Waals surface area contributed by atoms with Crippen LogP contribution in [0.1, 0.15) is 18.6 Å². The van der Waals surface area contributed by atoms with E-state index >= 15 is 0 Å². The lowest BCUT2D eigenvalue weighted by Crippen LogP contribution is -2.37. The Hall–Kier alpha value is -1.76. The highest BCUT2D eigenvalue weighted by Crippen LogP contribution is 2.19. The van der Waals surface area contributed by atoms with Crippen molar-refractivity contribution in [3.63, 3.8) is 0 Å². The molecule has 2 rings (SSSR count). The first-order valence-corrected chi connectivity index (χ1v) is 7.90. The molecule has 112 valence electrons. The molecule has 2 aromatic rings. The molecule has 0 amide bonds. The quantitative estimate of drug-likeness (QED) is 0.890. The van der Waals surface area contributed by atoms with E-state index in [2.05, 4.69) is 4.72 Å².